The predicted molar refractivity (Wildman–Crippen MR) is 144 cm³/mol. The fourth-order valence-electron chi connectivity index (χ4n) is 4.11. The molecule has 2 aromatic heterocycles. The van der Waals surface area contributed by atoms with Crippen LogP contribution in [0.3, 0.4) is 0 Å². The van der Waals surface area contributed by atoms with Crippen molar-refractivity contribution in [1.29, 1.82) is 0 Å². The SMILES string of the molecule is CCOC(=O)c1c(CSc2nnc(-c3ccccc3)n2-c2ccc(Cl)cc2)nc2ccccc2c1C. The third-order valence-electron chi connectivity index (χ3n) is 5.79. The van der Waals surface area contributed by atoms with Gasteiger partial charge in [0, 0.05) is 27.4 Å². The Balaban J connectivity index is 1.58. The third kappa shape index (κ3) is 4.72. The Bertz CT molecular complexity index is 1540. The number of para-hydroxylation sites is 1. The number of carbonyl (C=O) groups is 1. The maximum absolute atomic E-state index is 12.9. The van der Waals surface area contributed by atoms with E-state index in [-0.39, 0.29) is 5.97 Å². The zero-order chi connectivity index (χ0) is 25.1. The van der Waals surface area contributed by atoms with Crippen molar-refractivity contribution in [3.05, 3.63) is 101 Å². The molecule has 36 heavy (non-hydrogen) atoms. The van der Waals surface area contributed by atoms with Crippen LogP contribution in [-0.2, 0) is 10.5 Å². The first-order valence-corrected chi connectivity index (χ1v) is 12.9. The molecule has 3 aromatic carbocycles. The van der Waals surface area contributed by atoms with Gasteiger partial charge in [-0.05, 0) is 49.7 Å². The number of ether oxygens (including phenoxy) is 1. The lowest BCUT2D eigenvalue weighted by atomic mass is 10.0. The smallest absolute Gasteiger partial charge is 0.340 e. The molecule has 0 N–H and O–H groups in total. The standard InChI is InChI=1S/C28H23ClN4O2S/c1-3-35-27(34)25-18(2)22-11-7-8-12-23(22)30-24(25)17-36-28-32-31-26(19-9-5-4-6-10-19)33(28)21-15-13-20(29)14-16-21/h4-16H,3,17H2,1-2H3. The molecule has 0 bridgehead atoms. The average molecular weight is 515 g/mol. The van der Waals surface area contributed by atoms with E-state index < -0.39 is 0 Å². The Morgan fingerprint density at radius 2 is 1.69 bits per heavy atom. The highest BCUT2D eigenvalue weighted by atomic mass is 35.5. The first-order chi connectivity index (χ1) is 17.6. The van der Waals surface area contributed by atoms with Crippen LogP contribution in [0, 0.1) is 6.92 Å². The van der Waals surface area contributed by atoms with Gasteiger partial charge in [-0.2, -0.15) is 0 Å². The van der Waals surface area contributed by atoms with Crippen LogP contribution in [0.25, 0.3) is 28.0 Å². The first-order valence-electron chi connectivity index (χ1n) is 11.5. The first kappa shape index (κ1) is 24.0. The van der Waals surface area contributed by atoms with E-state index in [4.69, 9.17) is 21.3 Å². The number of nitrogens with zero attached hydrogens (tertiary/aromatic N) is 4. The van der Waals surface area contributed by atoms with Crippen LogP contribution in [0.4, 0.5) is 0 Å². The molecule has 0 aliphatic carbocycles. The van der Waals surface area contributed by atoms with E-state index in [0.717, 1.165) is 27.7 Å². The highest BCUT2D eigenvalue weighted by molar-refractivity contribution is 7.98. The van der Waals surface area contributed by atoms with Gasteiger partial charge in [0.2, 0.25) is 0 Å². The Morgan fingerprint density at radius 1 is 0.972 bits per heavy atom. The Hall–Kier alpha value is -3.68. The van der Waals surface area contributed by atoms with Crippen molar-refractivity contribution in [2.24, 2.45) is 0 Å². The van der Waals surface area contributed by atoms with E-state index in [9.17, 15) is 4.79 Å². The summed E-state index contributed by atoms with van der Waals surface area (Å²) in [4.78, 5) is 17.8. The lowest BCUT2D eigenvalue weighted by molar-refractivity contribution is 0.0524. The lowest BCUT2D eigenvalue weighted by Gasteiger charge is -2.14. The van der Waals surface area contributed by atoms with Crippen LogP contribution in [0.1, 0.15) is 28.5 Å². The van der Waals surface area contributed by atoms with Crippen molar-refractivity contribution in [3.8, 4) is 17.1 Å². The summed E-state index contributed by atoms with van der Waals surface area (Å²) in [6, 6.07) is 25.3. The van der Waals surface area contributed by atoms with Gasteiger partial charge in [-0.3, -0.25) is 9.55 Å². The van der Waals surface area contributed by atoms with Crippen molar-refractivity contribution in [2.75, 3.05) is 6.61 Å². The third-order valence-corrected chi connectivity index (χ3v) is 6.99. The minimum atomic E-state index is -0.368. The minimum absolute atomic E-state index is 0.295. The molecule has 0 saturated heterocycles. The van der Waals surface area contributed by atoms with Gasteiger partial charge in [-0.1, -0.05) is 71.9 Å². The predicted octanol–water partition coefficient (Wildman–Crippen LogP) is 6.91. The second kappa shape index (κ2) is 10.5. The highest BCUT2D eigenvalue weighted by Crippen LogP contribution is 2.32. The van der Waals surface area contributed by atoms with Crippen LogP contribution in [0.2, 0.25) is 5.02 Å². The number of aromatic nitrogens is 4. The van der Waals surface area contributed by atoms with Gasteiger partial charge in [0.1, 0.15) is 0 Å². The minimum Gasteiger partial charge on any atom is -0.462 e. The summed E-state index contributed by atoms with van der Waals surface area (Å²) in [5.41, 5.74) is 4.68. The van der Waals surface area contributed by atoms with E-state index in [1.54, 1.807) is 6.92 Å². The number of hydrogen-bond acceptors (Lipinski definition) is 6. The highest BCUT2D eigenvalue weighted by Gasteiger charge is 2.22. The van der Waals surface area contributed by atoms with E-state index in [0.29, 0.717) is 39.6 Å². The number of carbonyl (C=O) groups excluding carboxylic acids is 1. The van der Waals surface area contributed by atoms with Crippen LogP contribution in [-0.4, -0.2) is 32.3 Å². The average Bonchev–Trinajstić information content (AvgIpc) is 3.32. The van der Waals surface area contributed by atoms with E-state index in [1.807, 2.05) is 90.4 Å². The number of benzene rings is 3. The number of halogens is 1. The fraction of sp³-hybridized carbons (Fsp3) is 0.143. The maximum atomic E-state index is 12.9. The summed E-state index contributed by atoms with van der Waals surface area (Å²) in [6.07, 6.45) is 0. The molecule has 0 saturated carbocycles. The number of hydrogen-bond donors (Lipinski definition) is 0. The Labute approximate surface area is 218 Å². The monoisotopic (exact) mass is 514 g/mol. The summed E-state index contributed by atoms with van der Waals surface area (Å²) < 4.78 is 7.38. The quantitative estimate of drug-likeness (QED) is 0.173. The molecule has 5 rings (SSSR count). The molecule has 0 aliphatic rings. The maximum Gasteiger partial charge on any atom is 0.340 e. The molecule has 0 atom stereocenters. The summed E-state index contributed by atoms with van der Waals surface area (Å²) in [6.45, 7) is 4.03. The Kier molecular flexibility index (Phi) is 7.02. The zero-order valence-corrected chi connectivity index (χ0v) is 21.4. The van der Waals surface area contributed by atoms with E-state index in [1.165, 1.54) is 11.8 Å². The molecular weight excluding hydrogens is 492 g/mol. The summed E-state index contributed by atoms with van der Waals surface area (Å²) in [5.74, 6) is 0.766. The van der Waals surface area contributed by atoms with Gasteiger partial charge < -0.3 is 4.74 Å². The fourth-order valence-corrected chi connectivity index (χ4v) is 5.13. The van der Waals surface area contributed by atoms with Gasteiger partial charge in [0.05, 0.1) is 23.4 Å². The van der Waals surface area contributed by atoms with E-state index >= 15 is 0 Å². The number of thioether (sulfide) groups is 1. The molecule has 8 heteroatoms. The molecule has 180 valence electrons. The molecule has 5 aromatic rings. The van der Waals surface area contributed by atoms with Crippen molar-refractivity contribution in [2.45, 2.75) is 24.8 Å². The van der Waals surface area contributed by atoms with Gasteiger partial charge in [0.25, 0.3) is 0 Å². The second-order valence-electron chi connectivity index (χ2n) is 8.07. The van der Waals surface area contributed by atoms with Crippen molar-refractivity contribution < 1.29 is 9.53 Å². The topological polar surface area (TPSA) is 69.9 Å². The number of pyridine rings is 1. The van der Waals surface area contributed by atoms with E-state index in [2.05, 4.69) is 10.2 Å². The molecule has 0 amide bonds. The number of fused-ring (bicyclic) bond motifs is 1. The van der Waals surface area contributed by atoms with Gasteiger partial charge in [0.15, 0.2) is 11.0 Å². The molecule has 6 nitrogen and oxygen atoms in total. The summed E-state index contributed by atoms with van der Waals surface area (Å²) in [5, 5.41) is 11.3. The molecule has 2 heterocycles. The molecule has 0 spiro atoms. The number of rotatable bonds is 7. The Morgan fingerprint density at radius 3 is 2.44 bits per heavy atom. The second-order valence-corrected chi connectivity index (χ2v) is 9.45. The molecule has 0 radical (unpaired) electrons. The number of aryl methyl sites for hydroxylation is 1. The molecule has 0 aliphatic heterocycles. The largest absolute Gasteiger partial charge is 0.462 e. The number of esters is 1. The van der Waals surface area contributed by atoms with Crippen molar-refractivity contribution in [3.63, 3.8) is 0 Å². The molecule has 0 fully saturated rings. The summed E-state index contributed by atoms with van der Waals surface area (Å²) in [7, 11) is 0. The normalized spacial score (nSPS) is 11.1. The zero-order valence-electron chi connectivity index (χ0n) is 19.8. The van der Waals surface area contributed by atoms with Crippen molar-refractivity contribution in [1.82, 2.24) is 19.7 Å². The van der Waals surface area contributed by atoms with Crippen LogP contribution in [0.15, 0.2) is 84.0 Å². The van der Waals surface area contributed by atoms with Gasteiger partial charge in [-0.15, -0.1) is 10.2 Å². The molecular formula is C28H23ClN4O2S. The van der Waals surface area contributed by atoms with Gasteiger partial charge >= 0.3 is 5.97 Å². The van der Waals surface area contributed by atoms with Crippen LogP contribution < -0.4 is 0 Å². The lowest BCUT2D eigenvalue weighted by Crippen LogP contribution is -2.12. The van der Waals surface area contributed by atoms with Gasteiger partial charge in [-0.25, -0.2) is 4.79 Å². The van der Waals surface area contributed by atoms with Crippen LogP contribution in [0.5, 0.6) is 0 Å². The van der Waals surface area contributed by atoms with Crippen molar-refractivity contribution >= 4 is 40.2 Å². The van der Waals surface area contributed by atoms with Crippen LogP contribution >= 0.6 is 23.4 Å². The molecule has 0 unspecified atom stereocenters. The summed E-state index contributed by atoms with van der Waals surface area (Å²) >= 11 is 7.62.